The van der Waals surface area contributed by atoms with Crippen LogP contribution < -0.4 is 9.47 Å². The summed E-state index contributed by atoms with van der Waals surface area (Å²) in [5.74, 6) is -0.869. The highest BCUT2D eigenvalue weighted by Crippen LogP contribution is 2.33. The number of halogens is 6. The number of aromatic nitrogens is 4. The van der Waals surface area contributed by atoms with Crippen molar-refractivity contribution in [3.8, 4) is 23.5 Å². The highest BCUT2D eigenvalue weighted by molar-refractivity contribution is 5.34. The molecule has 0 saturated carbocycles. The van der Waals surface area contributed by atoms with Gasteiger partial charge in [-0.25, -0.2) is 4.98 Å². The first-order valence-corrected chi connectivity index (χ1v) is 9.06. The SMILES string of the molecule is CCCCOc1cc(C(F)(F)F)nn1-c1nccc(Oc2cccc(C(F)(F)F)c2)n1. The quantitative estimate of drug-likeness (QED) is 0.346. The molecule has 0 aliphatic heterocycles. The third-order valence-electron chi connectivity index (χ3n) is 3.91. The molecule has 2 aromatic heterocycles. The van der Waals surface area contributed by atoms with Gasteiger partial charge in [0.15, 0.2) is 5.69 Å². The van der Waals surface area contributed by atoms with E-state index in [9.17, 15) is 26.3 Å². The lowest BCUT2D eigenvalue weighted by molar-refractivity contribution is -0.141. The first-order chi connectivity index (χ1) is 14.6. The Morgan fingerprint density at radius 1 is 1.00 bits per heavy atom. The molecule has 0 aliphatic carbocycles. The predicted molar refractivity (Wildman–Crippen MR) is 96.1 cm³/mol. The zero-order valence-electron chi connectivity index (χ0n) is 16.0. The lowest BCUT2D eigenvalue weighted by atomic mass is 10.2. The van der Waals surface area contributed by atoms with Gasteiger partial charge in [0, 0.05) is 18.3 Å². The van der Waals surface area contributed by atoms with Crippen LogP contribution in [0.1, 0.15) is 31.0 Å². The summed E-state index contributed by atoms with van der Waals surface area (Å²) in [6.45, 7) is 2.04. The fraction of sp³-hybridized carbons (Fsp3) is 0.316. The second-order valence-corrected chi connectivity index (χ2v) is 6.30. The smallest absolute Gasteiger partial charge is 0.435 e. The molecular formula is C19H16F6N4O2. The molecule has 0 aliphatic rings. The zero-order chi connectivity index (χ0) is 22.6. The molecule has 6 nitrogen and oxygen atoms in total. The van der Waals surface area contributed by atoms with Crippen molar-refractivity contribution in [2.24, 2.45) is 0 Å². The summed E-state index contributed by atoms with van der Waals surface area (Å²) in [5, 5.41) is 3.46. The van der Waals surface area contributed by atoms with E-state index in [1.165, 1.54) is 18.3 Å². The molecule has 0 amide bonds. The number of unbranched alkanes of at least 4 members (excludes halogenated alkanes) is 1. The van der Waals surface area contributed by atoms with Crippen LogP contribution in [0, 0.1) is 0 Å². The Bertz CT molecular complexity index is 1030. The lowest BCUT2D eigenvalue weighted by Crippen LogP contribution is -2.10. The van der Waals surface area contributed by atoms with E-state index in [0.29, 0.717) is 6.42 Å². The molecular weight excluding hydrogens is 430 g/mol. The van der Waals surface area contributed by atoms with Crippen molar-refractivity contribution in [3.63, 3.8) is 0 Å². The standard InChI is InChI=1S/C19H16F6N4O2/c1-2-3-9-30-16-11-14(19(23,24)25)28-29(16)17-26-8-7-15(27-17)31-13-6-4-5-12(10-13)18(20,21)22/h4-8,10-11H,2-3,9H2,1H3. The minimum atomic E-state index is -4.72. The van der Waals surface area contributed by atoms with Crippen LogP contribution in [0.2, 0.25) is 0 Å². The molecule has 0 bridgehead atoms. The minimum absolute atomic E-state index is 0.153. The Morgan fingerprint density at radius 2 is 1.77 bits per heavy atom. The average Bonchev–Trinajstić information content (AvgIpc) is 3.13. The van der Waals surface area contributed by atoms with Crippen molar-refractivity contribution < 1.29 is 35.8 Å². The van der Waals surface area contributed by atoms with Crippen LogP contribution in [0.15, 0.2) is 42.6 Å². The number of benzene rings is 1. The molecule has 0 fully saturated rings. The summed E-state index contributed by atoms with van der Waals surface area (Å²) < 4.78 is 89.4. The van der Waals surface area contributed by atoms with Gasteiger partial charge in [-0.2, -0.15) is 41.1 Å². The van der Waals surface area contributed by atoms with Gasteiger partial charge in [0.1, 0.15) is 5.75 Å². The Hall–Kier alpha value is -3.31. The topological polar surface area (TPSA) is 62.1 Å². The van der Waals surface area contributed by atoms with E-state index in [1.807, 2.05) is 6.92 Å². The van der Waals surface area contributed by atoms with Gasteiger partial charge in [-0.3, -0.25) is 0 Å². The summed E-state index contributed by atoms with van der Waals surface area (Å²) in [6.07, 6.45) is -6.75. The monoisotopic (exact) mass is 446 g/mol. The molecule has 3 aromatic rings. The second-order valence-electron chi connectivity index (χ2n) is 6.30. The molecule has 0 radical (unpaired) electrons. The van der Waals surface area contributed by atoms with E-state index in [2.05, 4.69) is 15.1 Å². The van der Waals surface area contributed by atoms with Crippen molar-refractivity contribution in [3.05, 3.63) is 53.9 Å². The molecule has 166 valence electrons. The van der Waals surface area contributed by atoms with Crippen LogP contribution in [0.5, 0.6) is 17.5 Å². The first-order valence-electron chi connectivity index (χ1n) is 9.06. The van der Waals surface area contributed by atoms with Crippen LogP contribution in [0.3, 0.4) is 0 Å². The predicted octanol–water partition coefficient (Wildman–Crippen LogP) is 5.67. The van der Waals surface area contributed by atoms with Crippen molar-refractivity contribution >= 4 is 0 Å². The van der Waals surface area contributed by atoms with E-state index < -0.39 is 23.6 Å². The molecule has 1 aromatic carbocycles. The van der Waals surface area contributed by atoms with Gasteiger partial charge in [-0.15, -0.1) is 0 Å². The summed E-state index contributed by atoms with van der Waals surface area (Å²) >= 11 is 0. The van der Waals surface area contributed by atoms with Crippen LogP contribution in [0.4, 0.5) is 26.3 Å². The number of hydrogen-bond acceptors (Lipinski definition) is 5. The largest absolute Gasteiger partial charge is 0.478 e. The second kappa shape index (κ2) is 8.82. The average molecular weight is 446 g/mol. The molecule has 0 N–H and O–H groups in total. The van der Waals surface area contributed by atoms with Gasteiger partial charge in [-0.05, 0) is 24.6 Å². The maximum absolute atomic E-state index is 13.1. The van der Waals surface area contributed by atoms with Crippen LogP contribution in [-0.4, -0.2) is 26.4 Å². The zero-order valence-corrected chi connectivity index (χ0v) is 16.0. The molecule has 2 heterocycles. The number of nitrogens with zero attached hydrogens (tertiary/aromatic N) is 4. The molecule has 0 unspecified atom stereocenters. The van der Waals surface area contributed by atoms with Crippen LogP contribution in [0.25, 0.3) is 5.95 Å². The van der Waals surface area contributed by atoms with Crippen molar-refractivity contribution in [2.75, 3.05) is 6.61 Å². The van der Waals surface area contributed by atoms with E-state index >= 15 is 0 Å². The first kappa shape index (κ1) is 22.4. The maximum atomic E-state index is 13.1. The summed E-state index contributed by atoms with van der Waals surface area (Å²) in [6, 6.07) is 6.06. The van der Waals surface area contributed by atoms with E-state index in [1.54, 1.807) is 0 Å². The Morgan fingerprint density at radius 3 is 2.45 bits per heavy atom. The maximum Gasteiger partial charge on any atom is 0.435 e. The summed E-state index contributed by atoms with van der Waals surface area (Å²) in [4.78, 5) is 7.83. The molecule has 3 rings (SSSR count). The van der Waals surface area contributed by atoms with Gasteiger partial charge in [-0.1, -0.05) is 19.4 Å². The number of hydrogen-bond donors (Lipinski definition) is 0. The number of ether oxygens (including phenoxy) is 2. The molecule has 0 atom stereocenters. The lowest BCUT2D eigenvalue weighted by Gasteiger charge is -2.11. The van der Waals surface area contributed by atoms with Gasteiger partial charge < -0.3 is 9.47 Å². The normalized spacial score (nSPS) is 12.1. The summed E-state index contributed by atoms with van der Waals surface area (Å²) in [5.41, 5.74) is -2.13. The van der Waals surface area contributed by atoms with Crippen LogP contribution in [-0.2, 0) is 12.4 Å². The van der Waals surface area contributed by atoms with Crippen LogP contribution >= 0.6 is 0 Å². The molecule has 12 heteroatoms. The summed E-state index contributed by atoms with van der Waals surface area (Å²) in [7, 11) is 0. The van der Waals surface area contributed by atoms with Crippen molar-refractivity contribution in [2.45, 2.75) is 32.1 Å². The van der Waals surface area contributed by atoms with Gasteiger partial charge in [0.05, 0.1) is 12.2 Å². The fourth-order valence-electron chi connectivity index (χ4n) is 2.42. The van der Waals surface area contributed by atoms with Gasteiger partial charge >= 0.3 is 12.4 Å². The third kappa shape index (κ3) is 5.64. The van der Waals surface area contributed by atoms with Crippen molar-refractivity contribution in [1.29, 1.82) is 0 Å². The Balaban J connectivity index is 1.91. The highest BCUT2D eigenvalue weighted by atomic mass is 19.4. The highest BCUT2D eigenvalue weighted by Gasteiger charge is 2.36. The Kier molecular flexibility index (Phi) is 6.37. The third-order valence-corrected chi connectivity index (χ3v) is 3.91. The van der Waals surface area contributed by atoms with Gasteiger partial charge in [0.25, 0.3) is 5.95 Å². The number of rotatable bonds is 7. The number of alkyl halides is 6. The van der Waals surface area contributed by atoms with Crippen molar-refractivity contribution in [1.82, 2.24) is 19.7 Å². The van der Waals surface area contributed by atoms with E-state index in [0.717, 1.165) is 35.4 Å². The molecule has 0 saturated heterocycles. The minimum Gasteiger partial charge on any atom is -0.478 e. The van der Waals surface area contributed by atoms with Gasteiger partial charge in [0.2, 0.25) is 11.8 Å². The van der Waals surface area contributed by atoms with E-state index in [-0.39, 0.29) is 30.1 Å². The molecule has 31 heavy (non-hydrogen) atoms. The molecule has 0 spiro atoms. The Labute approximate surface area is 172 Å². The fourth-order valence-corrected chi connectivity index (χ4v) is 2.42. The van der Waals surface area contributed by atoms with E-state index in [4.69, 9.17) is 9.47 Å².